The number of nitrogens with zero attached hydrogens (tertiary/aromatic N) is 2. The van der Waals surface area contributed by atoms with E-state index in [4.69, 9.17) is 4.74 Å². The minimum absolute atomic E-state index is 0.00306. The van der Waals surface area contributed by atoms with Gasteiger partial charge in [0.1, 0.15) is 12.4 Å². The maximum atomic E-state index is 10.6. The highest BCUT2D eigenvalue weighted by Crippen LogP contribution is 2.18. The van der Waals surface area contributed by atoms with Gasteiger partial charge >= 0.3 is 0 Å². The van der Waals surface area contributed by atoms with E-state index in [0.29, 0.717) is 24.5 Å². The molecule has 2 N–H and O–H groups in total. The monoisotopic (exact) mass is 347 g/mol. The summed E-state index contributed by atoms with van der Waals surface area (Å²) >= 11 is 0. The molecule has 9 heteroatoms. The number of nitro groups is 2. The number of non-ortho nitro benzene ring substituents is 2. The summed E-state index contributed by atoms with van der Waals surface area (Å²) in [7, 11) is 0. The molecule has 0 saturated carbocycles. The first-order valence-corrected chi connectivity index (χ1v) is 7.48. The van der Waals surface area contributed by atoms with Crippen molar-refractivity contribution in [1.29, 1.82) is 0 Å². The molecule has 2 aromatic rings. The van der Waals surface area contributed by atoms with Gasteiger partial charge in [0.2, 0.25) is 0 Å². The third-order valence-corrected chi connectivity index (χ3v) is 3.42. The van der Waals surface area contributed by atoms with Gasteiger partial charge < -0.3 is 15.2 Å². The lowest BCUT2D eigenvalue weighted by Crippen LogP contribution is -2.26. The van der Waals surface area contributed by atoms with E-state index in [1.165, 1.54) is 48.5 Å². The second-order valence-electron chi connectivity index (χ2n) is 5.17. The summed E-state index contributed by atoms with van der Waals surface area (Å²) in [5, 5.41) is 34.1. The number of aliphatic hydroxyl groups excluding tert-OH is 1. The highest BCUT2D eigenvalue weighted by Gasteiger charge is 2.10. The van der Waals surface area contributed by atoms with Crippen molar-refractivity contribution in [2.75, 3.05) is 19.7 Å². The first-order chi connectivity index (χ1) is 12.0. The molecule has 0 radical (unpaired) electrons. The highest BCUT2D eigenvalue weighted by atomic mass is 16.6. The lowest BCUT2D eigenvalue weighted by molar-refractivity contribution is -0.385. The third-order valence-electron chi connectivity index (χ3n) is 3.42. The Morgan fingerprint density at radius 2 is 1.48 bits per heavy atom. The number of hydrogen-bond acceptors (Lipinski definition) is 7. The molecule has 0 aliphatic rings. The van der Waals surface area contributed by atoms with Gasteiger partial charge in [0.05, 0.1) is 16.0 Å². The number of ether oxygens (including phenoxy) is 1. The standard InChI is InChI=1S/C16H17N3O6/c20-16(12-1-3-13(4-2-12)18(21)22)11-17-9-10-25-15-7-5-14(6-8-15)19(23)24/h1-8,16-17,20H,9-11H2. The van der Waals surface area contributed by atoms with E-state index in [2.05, 4.69) is 5.32 Å². The Morgan fingerprint density at radius 3 is 2.00 bits per heavy atom. The topological polar surface area (TPSA) is 128 Å². The number of aliphatic hydroxyl groups is 1. The van der Waals surface area contributed by atoms with Gasteiger partial charge in [-0.1, -0.05) is 0 Å². The summed E-state index contributed by atoms with van der Waals surface area (Å²) in [5.74, 6) is 0.517. The molecule has 0 fully saturated rings. The molecule has 2 aromatic carbocycles. The van der Waals surface area contributed by atoms with Crippen molar-refractivity contribution in [3.8, 4) is 5.75 Å². The van der Waals surface area contributed by atoms with Crippen LogP contribution in [0.1, 0.15) is 11.7 Å². The van der Waals surface area contributed by atoms with Gasteiger partial charge in [-0.25, -0.2) is 0 Å². The fourth-order valence-electron chi connectivity index (χ4n) is 2.08. The van der Waals surface area contributed by atoms with E-state index in [9.17, 15) is 25.3 Å². The van der Waals surface area contributed by atoms with Crippen molar-refractivity contribution in [3.63, 3.8) is 0 Å². The summed E-state index contributed by atoms with van der Waals surface area (Å²) in [5.41, 5.74) is 0.548. The number of nitrogens with one attached hydrogen (secondary N) is 1. The van der Waals surface area contributed by atoms with Crippen LogP contribution >= 0.6 is 0 Å². The van der Waals surface area contributed by atoms with E-state index in [-0.39, 0.29) is 17.9 Å². The molecule has 1 unspecified atom stereocenters. The van der Waals surface area contributed by atoms with Crippen LogP contribution in [-0.4, -0.2) is 34.6 Å². The fraction of sp³-hybridized carbons (Fsp3) is 0.250. The van der Waals surface area contributed by atoms with Crippen LogP contribution in [0.4, 0.5) is 11.4 Å². The van der Waals surface area contributed by atoms with Crippen molar-refractivity contribution < 1.29 is 19.7 Å². The van der Waals surface area contributed by atoms with Crippen LogP contribution < -0.4 is 10.1 Å². The highest BCUT2D eigenvalue weighted by molar-refractivity contribution is 5.36. The largest absolute Gasteiger partial charge is 0.492 e. The van der Waals surface area contributed by atoms with E-state index >= 15 is 0 Å². The minimum Gasteiger partial charge on any atom is -0.492 e. The van der Waals surface area contributed by atoms with Crippen molar-refractivity contribution in [1.82, 2.24) is 5.32 Å². The molecule has 0 aliphatic carbocycles. The molecule has 2 rings (SSSR count). The second kappa shape index (κ2) is 8.71. The second-order valence-corrected chi connectivity index (χ2v) is 5.17. The van der Waals surface area contributed by atoms with Crippen molar-refractivity contribution >= 4 is 11.4 Å². The van der Waals surface area contributed by atoms with Crippen LogP contribution in [0.3, 0.4) is 0 Å². The Labute approximate surface area is 143 Å². The van der Waals surface area contributed by atoms with Gasteiger partial charge in [0.15, 0.2) is 0 Å². The molecule has 0 heterocycles. The summed E-state index contributed by atoms with van der Waals surface area (Å²) in [6.07, 6.45) is -0.792. The number of nitro benzene ring substituents is 2. The SMILES string of the molecule is O=[N+]([O-])c1ccc(OCCNCC(O)c2ccc([N+](=O)[O-])cc2)cc1. The van der Waals surface area contributed by atoms with E-state index < -0.39 is 16.0 Å². The molecule has 0 spiro atoms. The zero-order valence-electron chi connectivity index (χ0n) is 13.2. The maximum Gasteiger partial charge on any atom is 0.269 e. The predicted octanol–water partition coefficient (Wildman–Crippen LogP) is 2.21. The first-order valence-electron chi connectivity index (χ1n) is 7.48. The molecule has 25 heavy (non-hydrogen) atoms. The molecule has 132 valence electrons. The van der Waals surface area contributed by atoms with Crippen molar-refractivity contribution in [2.24, 2.45) is 0 Å². The van der Waals surface area contributed by atoms with Gasteiger partial charge in [0.25, 0.3) is 11.4 Å². The van der Waals surface area contributed by atoms with E-state index in [0.717, 1.165) is 0 Å². The summed E-state index contributed by atoms with van der Waals surface area (Å²) in [6.45, 7) is 1.05. The Kier molecular flexibility index (Phi) is 6.38. The Balaban J connectivity index is 1.69. The predicted molar refractivity (Wildman–Crippen MR) is 89.5 cm³/mol. The van der Waals surface area contributed by atoms with Crippen LogP contribution in [0.5, 0.6) is 5.75 Å². The first kappa shape index (κ1) is 18.3. The van der Waals surface area contributed by atoms with Gasteiger partial charge in [-0.15, -0.1) is 0 Å². The number of benzene rings is 2. The molecule has 0 aliphatic heterocycles. The zero-order chi connectivity index (χ0) is 18.2. The average Bonchev–Trinajstić information content (AvgIpc) is 2.61. The Morgan fingerprint density at radius 1 is 0.960 bits per heavy atom. The fourth-order valence-corrected chi connectivity index (χ4v) is 2.08. The molecule has 0 bridgehead atoms. The van der Waals surface area contributed by atoms with E-state index in [1.807, 2.05) is 0 Å². The van der Waals surface area contributed by atoms with E-state index in [1.54, 1.807) is 0 Å². The number of rotatable bonds is 9. The summed E-state index contributed by atoms with van der Waals surface area (Å²) in [6, 6.07) is 11.5. The lowest BCUT2D eigenvalue weighted by atomic mass is 10.1. The van der Waals surface area contributed by atoms with Crippen molar-refractivity contribution in [3.05, 3.63) is 74.3 Å². The summed E-state index contributed by atoms with van der Waals surface area (Å²) in [4.78, 5) is 20.1. The van der Waals surface area contributed by atoms with Crippen LogP contribution in [0.15, 0.2) is 48.5 Å². The Bertz CT molecular complexity index is 718. The van der Waals surface area contributed by atoms with Gasteiger partial charge in [-0.2, -0.15) is 0 Å². The van der Waals surface area contributed by atoms with Crippen LogP contribution in [-0.2, 0) is 0 Å². The zero-order valence-corrected chi connectivity index (χ0v) is 13.2. The third kappa shape index (κ3) is 5.52. The van der Waals surface area contributed by atoms with Gasteiger partial charge in [-0.05, 0) is 29.8 Å². The smallest absolute Gasteiger partial charge is 0.269 e. The normalized spacial score (nSPS) is 11.7. The molecule has 0 amide bonds. The molecule has 0 saturated heterocycles. The molecule has 1 atom stereocenters. The van der Waals surface area contributed by atoms with Crippen LogP contribution in [0, 0.1) is 20.2 Å². The lowest BCUT2D eigenvalue weighted by Gasteiger charge is -2.12. The molecular weight excluding hydrogens is 330 g/mol. The Hall–Kier alpha value is -3.04. The molecule has 9 nitrogen and oxygen atoms in total. The van der Waals surface area contributed by atoms with Crippen LogP contribution in [0.25, 0.3) is 0 Å². The van der Waals surface area contributed by atoms with Gasteiger partial charge in [-0.3, -0.25) is 20.2 Å². The number of hydrogen-bond donors (Lipinski definition) is 2. The molecular formula is C16H17N3O6. The average molecular weight is 347 g/mol. The maximum absolute atomic E-state index is 10.6. The summed E-state index contributed by atoms with van der Waals surface area (Å²) < 4.78 is 5.43. The van der Waals surface area contributed by atoms with Crippen molar-refractivity contribution in [2.45, 2.75) is 6.10 Å². The quantitative estimate of drug-likeness (QED) is 0.404. The molecule has 0 aromatic heterocycles. The minimum atomic E-state index is -0.792. The van der Waals surface area contributed by atoms with Crippen LogP contribution in [0.2, 0.25) is 0 Å². The van der Waals surface area contributed by atoms with Gasteiger partial charge in [0, 0.05) is 37.4 Å².